The van der Waals surface area contributed by atoms with Crippen molar-refractivity contribution < 1.29 is 0 Å². The SMILES string of the molecule is Cn1cc(Nc2ccc(C(N)=S)cn2)cn1. The number of nitrogens with two attached hydrogens (primary N) is 1. The predicted octanol–water partition coefficient (Wildman–Crippen LogP) is 1.19. The van der Waals surface area contributed by atoms with Gasteiger partial charge in [-0.25, -0.2) is 4.98 Å². The Hall–Kier alpha value is -1.95. The molecule has 5 nitrogen and oxygen atoms in total. The lowest BCUT2D eigenvalue weighted by Crippen LogP contribution is -2.09. The first-order valence-corrected chi connectivity index (χ1v) is 5.07. The molecular formula is C10H11N5S. The number of pyridine rings is 1. The molecule has 16 heavy (non-hydrogen) atoms. The standard InChI is InChI=1S/C10H11N5S/c1-15-6-8(5-13-15)14-9-3-2-7(4-12-9)10(11)16/h2-6H,1H3,(H2,11,16)(H,12,14). The zero-order chi connectivity index (χ0) is 11.5. The normalized spacial score (nSPS) is 10.1. The molecule has 0 aliphatic rings. The molecule has 2 rings (SSSR count). The largest absolute Gasteiger partial charge is 0.389 e. The van der Waals surface area contributed by atoms with E-state index in [9.17, 15) is 0 Å². The molecule has 0 aliphatic carbocycles. The lowest BCUT2D eigenvalue weighted by molar-refractivity contribution is 0.768. The number of hydrogen-bond donors (Lipinski definition) is 2. The second-order valence-corrected chi connectivity index (χ2v) is 3.76. The number of nitrogens with one attached hydrogen (secondary N) is 1. The number of rotatable bonds is 3. The second-order valence-electron chi connectivity index (χ2n) is 3.32. The third kappa shape index (κ3) is 2.34. The zero-order valence-electron chi connectivity index (χ0n) is 8.71. The number of anilines is 2. The van der Waals surface area contributed by atoms with E-state index in [2.05, 4.69) is 15.4 Å². The van der Waals surface area contributed by atoms with Gasteiger partial charge in [-0.1, -0.05) is 12.2 Å². The highest BCUT2D eigenvalue weighted by Crippen LogP contribution is 2.12. The maximum atomic E-state index is 5.48. The van der Waals surface area contributed by atoms with Crippen LogP contribution >= 0.6 is 12.2 Å². The van der Waals surface area contributed by atoms with Crippen LogP contribution in [-0.4, -0.2) is 19.8 Å². The highest BCUT2D eigenvalue weighted by atomic mass is 32.1. The molecule has 0 fully saturated rings. The topological polar surface area (TPSA) is 68.8 Å². The lowest BCUT2D eigenvalue weighted by atomic mass is 10.3. The molecule has 0 atom stereocenters. The van der Waals surface area contributed by atoms with Gasteiger partial charge in [-0.15, -0.1) is 0 Å². The molecule has 0 radical (unpaired) electrons. The van der Waals surface area contributed by atoms with Crippen LogP contribution in [0.4, 0.5) is 11.5 Å². The average molecular weight is 233 g/mol. The van der Waals surface area contributed by atoms with E-state index in [1.165, 1.54) is 0 Å². The summed E-state index contributed by atoms with van der Waals surface area (Å²) < 4.78 is 1.71. The van der Waals surface area contributed by atoms with Gasteiger partial charge in [-0.3, -0.25) is 4.68 Å². The molecule has 2 aromatic heterocycles. The minimum absolute atomic E-state index is 0.348. The molecule has 2 aromatic rings. The van der Waals surface area contributed by atoms with Crippen molar-refractivity contribution in [2.24, 2.45) is 12.8 Å². The number of aromatic nitrogens is 3. The molecule has 0 aromatic carbocycles. The third-order valence-corrected chi connectivity index (χ3v) is 2.26. The van der Waals surface area contributed by atoms with Crippen molar-refractivity contribution >= 4 is 28.7 Å². The van der Waals surface area contributed by atoms with Crippen LogP contribution in [0.25, 0.3) is 0 Å². The van der Waals surface area contributed by atoms with Crippen molar-refractivity contribution in [3.63, 3.8) is 0 Å². The van der Waals surface area contributed by atoms with Gasteiger partial charge in [0.05, 0.1) is 11.9 Å². The maximum Gasteiger partial charge on any atom is 0.130 e. The zero-order valence-corrected chi connectivity index (χ0v) is 9.53. The van der Waals surface area contributed by atoms with Gasteiger partial charge in [0.2, 0.25) is 0 Å². The Morgan fingerprint density at radius 1 is 1.44 bits per heavy atom. The molecule has 3 N–H and O–H groups in total. The van der Waals surface area contributed by atoms with E-state index in [-0.39, 0.29) is 0 Å². The Kier molecular flexibility index (Phi) is 2.82. The Bertz CT molecular complexity index is 502. The van der Waals surface area contributed by atoms with Crippen LogP contribution in [0.15, 0.2) is 30.7 Å². The molecule has 2 heterocycles. The van der Waals surface area contributed by atoms with Crippen LogP contribution in [0.3, 0.4) is 0 Å². The molecule has 6 heteroatoms. The van der Waals surface area contributed by atoms with Gasteiger partial charge < -0.3 is 11.1 Å². The fourth-order valence-electron chi connectivity index (χ4n) is 1.25. The monoisotopic (exact) mass is 233 g/mol. The van der Waals surface area contributed by atoms with Gasteiger partial charge in [-0.2, -0.15) is 5.10 Å². The summed E-state index contributed by atoms with van der Waals surface area (Å²) >= 11 is 4.84. The Balaban J connectivity index is 2.14. The molecule has 0 saturated heterocycles. The lowest BCUT2D eigenvalue weighted by Gasteiger charge is -2.03. The van der Waals surface area contributed by atoms with Crippen LogP contribution in [0, 0.1) is 0 Å². The molecular weight excluding hydrogens is 222 g/mol. The quantitative estimate of drug-likeness (QED) is 0.779. The van der Waals surface area contributed by atoms with Crippen molar-refractivity contribution in [2.75, 3.05) is 5.32 Å². The summed E-state index contributed by atoms with van der Waals surface area (Å²) in [6.07, 6.45) is 5.23. The highest BCUT2D eigenvalue weighted by molar-refractivity contribution is 7.80. The molecule has 0 amide bonds. The summed E-state index contributed by atoms with van der Waals surface area (Å²) in [5.74, 6) is 0.730. The number of nitrogens with zero attached hydrogens (tertiary/aromatic N) is 3. The van der Waals surface area contributed by atoms with Crippen LogP contribution < -0.4 is 11.1 Å². The summed E-state index contributed by atoms with van der Waals surface area (Å²) in [5.41, 5.74) is 7.12. The summed E-state index contributed by atoms with van der Waals surface area (Å²) in [6.45, 7) is 0. The second kappa shape index (κ2) is 4.28. The van der Waals surface area contributed by atoms with Crippen molar-refractivity contribution in [3.8, 4) is 0 Å². The first-order chi connectivity index (χ1) is 7.65. The number of aryl methyl sites for hydroxylation is 1. The predicted molar refractivity (Wildman–Crippen MR) is 66.6 cm³/mol. The Morgan fingerprint density at radius 3 is 2.75 bits per heavy atom. The smallest absolute Gasteiger partial charge is 0.130 e. The fourth-order valence-corrected chi connectivity index (χ4v) is 1.37. The van der Waals surface area contributed by atoms with Crippen LogP contribution in [0.5, 0.6) is 0 Å². The van der Waals surface area contributed by atoms with E-state index in [1.54, 1.807) is 17.1 Å². The van der Waals surface area contributed by atoms with Gasteiger partial charge >= 0.3 is 0 Å². The van der Waals surface area contributed by atoms with Gasteiger partial charge in [0.1, 0.15) is 10.8 Å². The van der Waals surface area contributed by atoms with Crippen molar-refractivity contribution in [1.29, 1.82) is 0 Å². The summed E-state index contributed by atoms with van der Waals surface area (Å²) in [7, 11) is 1.86. The van der Waals surface area contributed by atoms with Gasteiger partial charge in [-0.05, 0) is 12.1 Å². The maximum absolute atomic E-state index is 5.48. The number of hydrogen-bond acceptors (Lipinski definition) is 4. The van der Waals surface area contributed by atoms with Crippen molar-refractivity contribution in [1.82, 2.24) is 14.8 Å². The number of thiocarbonyl (C=S) groups is 1. The van der Waals surface area contributed by atoms with Crippen LogP contribution in [0.2, 0.25) is 0 Å². The van der Waals surface area contributed by atoms with E-state index in [1.807, 2.05) is 25.4 Å². The highest BCUT2D eigenvalue weighted by Gasteiger charge is 2.00. The molecule has 0 aliphatic heterocycles. The molecule has 82 valence electrons. The van der Waals surface area contributed by atoms with Gasteiger partial charge in [0.25, 0.3) is 0 Å². The molecule has 0 saturated carbocycles. The summed E-state index contributed by atoms with van der Waals surface area (Å²) in [4.78, 5) is 4.54. The first kappa shape index (κ1) is 10.6. The minimum atomic E-state index is 0.348. The summed E-state index contributed by atoms with van der Waals surface area (Å²) in [5, 5.41) is 7.16. The fraction of sp³-hybridized carbons (Fsp3) is 0.100. The Morgan fingerprint density at radius 2 is 2.25 bits per heavy atom. The minimum Gasteiger partial charge on any atom is -0.389 e. The van der Waals surface area contributed by atoms with Crippen LogP contribution in [0.1, 0.15) is 5.56 Å². The molecule has 0 unspecified atom stereocenters. The van der Waals surface area contributed by atoms with Crippen molar-refractivity contribution in [2.45, 2.75) is 0 Å². The average Bonchev–Trinajstić information content (AvgIpc) is 2.65. The molecule has 0 bridgehead atoms. The van der Waals surface area contributed by atoms with Crippen LogP contribution in [-0.2, 0) is 7.05 Å². The van der Waals surface area contributed by atoms with Crippen molar-refractivity contribution in [3.05, 3.63) is 36.3 Å². The molecule has 0 spiro atoms. The van der Waals surface area contributed by atoms with E-state index < -0.39 is 0 Å². The van der Waals surface area contributed by atoms with E-state index >= 15 is 0 Å². The first-order valence-electron chi connectivity index (χ1n) is 4.66. The summed E-state index contributed by atoms with van der Waals surface area (Å²) in [6, 6.07) is 3.65. The third-order valence-electron chi connectivity index (χ3n) is 2.03. The Labute approximate surface area is 98.3 Å². The van der Waals surface area contributed by atoms with Gasteiger partial charge in [0.15, 0.2) is 0 Å². The van der Waals surface area contributed by atoms with Gasteiger partial charge in [0, 0.05) is 25.0 Å². The van der Waals surface area contributed by atoms with E-state index in [4.69, 9.17) is 18.0 Å². The van der Waals surface area contributed by atoms with E-state index in [0.29, 0.717) is 4.99 Å². The van der Waals surface area contributed by atoms with E-state index in [0.717, 1.165) is 17.1 Å².